The number of aliphatic hydroxyl groups excluding tert-OH is 1. The van der Waals surface area contributed by atoms with Crippen molar-refractivity contribution in [2.24, 2.45) is 0 Å². The molecule has 3 N–H and O–H groups in total. The SMILES string of the molecule is CCc1cccc(CNCC(O)C(Cc2cc(F)cc(F)c2)NS(=O)(=O)c2cc(Cl)ccc2OC)c1. The van der Waals surface area contributed by atoms with Gasteiger partial charge in [-0.25, -0.2) is 21.9 Å². The Balaban J connectivity index is 1.82. The quantitative estimate of drug-likeness (QED) is 0.321. The lowest BCUT2D eigenvalue weighted by Gasteiger charge is -2.25. The molecule has 0 saturated carbocycles. The van der Waals surface area contributed by atoms with Crippen LogP contribution in [0.3, 0.4) is 0 Å². The molecule has 36 heavy (non-hydrogen) atoms. The average Bonchev–Trinajstić information content (AvgIpc) is 2.83. The summed E-state index contributed by atoms with van der Waals surface area (Å²) in [7, 11) is -2.91. The van der Waals surface area contributed by atoms with Crippen LogP contribution in [0.1, 0.15) is 23.6 Å². The fraction of sp³-hybridized carbons (Fsp3) is 0.308. The predicted molar refractivity (Wildman–Crippen MR) is 136 cm³/mol. The number of hydrogen-bond donors (Lipinski definition) is 3. The van der Waals surface area contributed by atoms with Crippen LogP contribution >= 0.6 is 11.6 Å². The number of hydrogen-bond acceptors (Lipinski definition) is 5. The van der Waals surface area contributed by atoms with Crippen LogP contribution in [0.4, 0.5) is 8.78 Å². The predicted octanol–water partition coefficient (Wildman–Crippen LogP) is 4.23. The zero-order chi connectivity index (χ0) is 26.3. The Bertz CT molecular complexity index is 1270. The Morgan fingerprint density at radius 3 is 2.36 bits per heavy atom. The van der Waals surface area contributed by atoms with Crippen LogP contribution < -0.4 is 14.8 Å². The molecule has 0 aliphatic rings. The van der Waals surface area contributed by atoms with E-state index in [2.05, 4.69) is 17.0 Å². The number of rotatable bonds is 12. The van der Waals surface area contributed by atoms with E-state index in [1.165, 1.54) is 30.9 Å². The first-order chi connectivity index (χ1) is 17.1. The molecule has 0 radical (unpaired) electrons. The highest BCUT2D eigenvalue weighted by Gasteiger charge is 2.29. The van der Waals surface area contributed by atoms with Crippen molar-refractivity contribution in [1.82, 2.24) is 10.0 Å². The molecule has 0 spiro atoms. The monoisotopic (exact) mass is 538 g/mol. The summed E-state index contributed by atoms with van der Waals surface area (Å²) in [5.41, 5.74) is 2.37. The fourth-order valence-corrected chi connectivity index (χ4v) is 5.53. The van der Waals surface area contributed by atoms with Crippen molar-refractivity contribution in [1.29, 1.82) is 0 Å². The van der Waals surface area contributed by atoms with Gasteiger partial charge < -0.3 is 15.2 Å². The van der Waals surface area contributed by atoms with E-state index in [0.717, 1.165) is 30.2 Å². The number of halogens is 3. The van der Waals surface area contributed by atoms with E-state index in [4.69, 9.17) is 16.3 Å². The minimum absolute atomic E-state index is 0.0218. The summed E-state index contributed by atoms with van der Waals surface area (Å²) in [5, 5.41) is 14.2. The molecule has 194 valence electrons. The van der Waals surface area contributed by atoms with Gasteiger partial charge in [0, 0.05) is 24.2 Å². The zero-order valence-electron chi connectivity index (χ0n) is 20.0. The number of nitrogens with one attached hydrogen (secondary N) is 2. The summed E-state index contributed by atoms with van der Waals surface area (Å²) in [5.74, 6) is -1.54. The standard InChI is InChI=1S/C26H29ClF2N2O4S/c1-3-17-5-4-6-18(9-17)15-30-16-24(32)23(12-19-10-21(28)14-22(29)11-19)31-36(33,34)26-13-20(27)7-8-25(26)35-2/h4-11,13-14,23-24,30-32H,3,12,15-16H2,1-2H3. The van der Waals surface area contributed by atoms with Gasteiger partial charge in [0.1, 0.15) is 22.3 Å². The van der Waals surface area contributed by atoms with Gasteiger partial charge in [-0.3, -0.25) is 0 Å². The van der Waals surface area contributed by atoms with Crippen LogP contribution in [0.25, 0.3) is 0 Å². The molecule has 0 bridgehead atoms. The van der Waals surface area contributed by atoms with Crippen molar-refractivity contribution in [2.75, 3.05) is 13.7 Å². The van der Waals surface area contributed by atoms with E-state index in [1.807, 2.05) is 24.3 Å². The molecule has 0 heterocycles. The van der Waals surface area contributed by atoms with Gasteiger partial charge in [0.2, 0.25) is 10.0 Å². The summed E-state index contributed by atoms with van der Waals surface area (Å²) in [4.78, 5) is -0.218. The Kier molecular flexibility index (Phi) is 9.81. The smallest absolute Gasteiger partial charge is 0.244 e. The van der Waals surface area contributed by atoms with Crippen LogP contribution in [-0.2, 0) is 29.4 Å². The van der Waals surface area contributed by atoms with Crippen LogP contribution in [0, 0.1) is 11.6 Å². The van der Waals surface area contributed by atoms with Crippen LogP contribution in [0.15, 0.2) is 65.6 Å². The van der Waals surface area contributed by atoms with Gasteiger partial charge in [-0.2, -0.15) is 0 Å². The molecule has 3 aromatic carbocycles. The van der Waals surface area contributed by atoms with Crippen molar-refractivity contribution < 1.29 is 27.0 Å². The van der Waals surface area contributed by atoms with E-state index >= 15 is 0 Å². The molecule has 0 amide bonds. The van der Waals surface area contributed by atoms with Crippen molar-refractivity contribution >= 4 is 21.6 Å². The van der Waals surface area contributed by atoms with Gasteiger partial charge >= 0.3 is 0 Å². The van der Waals surface area contributed by atoms with Crippen molar-refractivity contribution in [3.63, 3.8) is 0 Å². The highest BCUT2D eigenvalue weighted by Crippen LogP contribution is 2.27. The third-order valence-electron chi connectivity index (χ3n) is 5.65. The second kappa shape index (κ2) is 12.6. The second-order valence-corrected chi connectivity index (χ2v) is 10.5. The lowest BCUT2D eigenvalue weighted by atomic mass is 10.0. The number of methoxy groups -OCH3 is 1. The summed E-state index contributed by atoms with van der Waals surface area (Å²) < 4.78 is 61.7. The maximum atomic E-state index is 13.8. The van der Waals surface area contributed by atoms with Crippen LogP contribution in [-0.4, -0.2) is 39.3 Å². The van der Waals surface area contributed by atoms with Crippen molar-refractivity contribution in [2.45, 2.75) is 43.4 Å². The zero-order valence-corrected chi connectivity index (χ0v) is 21.5. The minimum atomic E-state index is -4.23. The van der Waals surface area contributed by atoms with E-state index in [0.29, 0.717) is 6.54 Å². The number of sulfonamides is 1. The summed E-state index contributed by atoms with van der Waals surface area (Å²) in [6.07, 6.45) is -0.506. The number of benzene rings is 3. The molecule has 0 saturated heterocycles. The molecule has 2 atom stereocenters. The maximum Gasteiger partial charge on any atom is 0.244 e. The van der Waals surface area contributed by atoms with Crippen molar-refractivity contribution in [3.05, 3.63) is 94.0 Å². The summed E-state index contributed by atoms with van der Waals surface area (Å²) in [6, 6.07) is 13.9. The number of aliphatic hydroxyl groups is 1. The van der Waals surface area contributed by atoms with E-state index in [1.54, 1.807) is 0 Å². The van der Waals surface area contributed by atoms with Crippen LogP contribution in [0.5, 0.6) is 5.75 Å². The molecular formula is C26H29ClF2N2O4S. The summed E-state index contributed by atoms with van der Waals surface area (Å²) in [6.45, 7) is 2.52. The molecular weight excluding hydrogens is 510 g/mol. The maximum absolute atomic E-state index is 13.8. The molecule has 3 aromatic rings. The molecule has 10 heteroatoms. The average molecular weight is 539 g/mol. The highest BCUT2D eigenvalue weighted by atomic mass is 35.5. The largest absolute Gasteiger partial charge is 0.495 e. The lowest BCUT2D eigenvalue weighted by molar-refractivity contribution is 0.134. The van der Waals surface area contributed by atoms with Crippen molar-refractivity contribution in [3.8, 4) is 5.75 Å². The Morgan fingerprint density at radius 1 is 1.00 bits per heavy atom. The normalized spacial score (nSPS) is 13.4. The molecule has 0 aliphatic heterocycles. The third kappa shape index (κ3) is 7.72. The van der Waals surface area contributed by atoms with Gasteiger partial charge in [-0.15, -0.1) is 0 Å². The Labute approximate surface area is 215 Å². The van der Waals surface area contributed by atoms with Gasteiger partial charge in [0.05, 0.1) is 19.3 Å². The highest BCUT2D eigenvalue weighted by molar-refractivity contribution is 7.89. The molecule has 2 unspecified atom stereocenters. The first-order valence-corrected chi connectivity index (χ1v) is 13.2. The van der Waals surface area contributed by atoms with Gasteiger partial charge in [0.25, 0.3) is 0 Å². The minimum Gasteiger partial charge on any atom is -0.495 e. The van der Waals surface area contributed by atoms with Gasteiger partial charge in [0.15, 0.2) is 0 Å². The Hall–Kier alpha value is -2.56. The van der Waals surface area contributed by atoms with Gasteiger partial charge in [-0.05, 0) is 59.9 Å². The topological polar surface area (TPSA) is 87.7 Å². The second-order valence-electron chi connectivity index (χ2n) is 8.38. The summed E-state index contributed by atoms with van der Waals surface area (Å²) >= 11 is 6.00. The lowest BCUT2D eigenvalue weighted by Crippen LogP contribution is -2.48. The third-order valence-corrected chi connectivity index (χ3v) is 7.39. The van der Waals surface area contributed by atoms with Gasteiger partial charge in [-0.1, -0.05) is 42.8 Å². The van der Waals surface area contributed by atoms with E-state index in [-0.39, 0.29) is 34.2 Å². The first-order valence-electron chi connectivity index (χ1n) is 11.4. The van der Waals surface area contributed by atoms with Crippen LogP contribution in [0.2, 0.25) is 5.02 Å². The number of aryl methyl sites for hydroxylation is 1. The first kappa shape index (κ1) is 28.0. The molecule has 0 aromatic heterocycles. The number of ether oxygens (including phenoxy) is 1. The molecule has 3 rings (SSSR count). The van der Waals surface area contributed by atoms with E-state index < -0.39 is 33.8 Å². The molecule has 0 fully saturated rings. The Morgan fingerprint density at radius 2 is 1.69 bits per heavy atom. The molecule has 6 nitrogen and oxygen atoms in total. The van der Waals surface area contributed by atoms with E-state index in [9.17, 15) is 22.3 Å². The fourth-order valence-electron chi connectivity index (χ4n) is 3.83. The molecule has 0 aliphatic carbocycles.